The molecule has 2 aliphatic carbocycles. The number of rotatable bonds is 9. The first kappa shape index (κ1) is 23.1. The molecule has 1 atom stereocenters. The second-order valence-electron chi connectivity index (χ2n) is 8.60. The summed E-state index contributed by atoms with van der Waals surface area (Å²) in [6.45, 7) is -0.444. The Morgan fingerprint density at radius 3 is 2.50 bits per heavy atom. The molecule has 9 heteroatoms. The van der Waals surface area contributed by atoms with Crippen LogP contribution in [0.1, 0.15) is 55.9 Å². The summed E-state index contributed by atoms with van der Waals surface area (Å²) >= 11 is 1.17. The molecule has 1 unspecified atom stereocenters. The molecule has 172 valence electrons. The summed E-state index contributed by atoms with van der Waals surface area (Å²) < 4.78 is 25.1. The van der Waals surface area contributed by atoms with Crippen LogP contribution in [-0.2, 0) is 14.6 Å². The van der Waals surface area contributed by atoms with E-state index in [2.05, 4.69) is 10.3 Å². The van der Waals surface area contributed by atoms with Gasteiger partial charge < -0.3 is 10.2 Å². The zero-order valence-corrected chi connectivity index (χ0v) is 19.4. The minimum absolute atomic E-state index is 0.184. The minimum Gasteiger partial charge on any atom is -0.393 e. The van der Waals surface area contributed by atoms with Gasteiger partial charge in [-0.15, -0.1) is 11.3 Å². The van der Waals surface area contributed by atoms with Crippen molar-refractivity contribution in [3.63, 3.8) is 0 Å². The van der Waals surface area contributed by atoms with Gasteiger partial charge in [-0.3, -0.25) is 10.1 Å². The summed E-state index contributed by atoms with van der Waals surface area (Å²) in [5.74, 6) is 0.432. The van der Waals surface area contributed by atoms with Crippen molar-refractivity contribution in [1.82, 2.24) is 4.98 Å². The normalized spacial score (nSPS) is 18.6. The summed E-state index contributed by atoms with van der Waals surface area (Å²) in [4.78, 5) is 17.6. The van der Waals surface area contributed by atoms with Crippen LogP contribution in [0, 0.1) is 11.8 Å². The van der Waals surface area contributed by atoms with Gasteiger partial charge in [0.05, 0.1) is 22.9 Å². The summed E-state index contributed by atoms with van der Waals surface area (Å²) in [5.41, 5.74) is 1.45. The lowest BCUT2D eigenvalue weighted by Gasteiger charge is -2.12. The van der Waals surface area contributed by atoms with Gasteiger partial charge >= 0.3 is 0 Å². The van der Waals surface area contributed by atoms with Crippen LogP contribution in [0.5, 0.6) is 0 Å². The Morgan fingerprint density at radius 1 is 1.19 bits per heavy atom. The first-order valence-electron chi connectivity index (χ1n) is 11.0. The van der Waals surface area contributed by atoms with Gasteiger partial charge in [-0.2, -0.15) is 0 Å². The van der Waals surface area contributed by atoms with Crippen LogP contribution < -0.4 is 5.32 Å². The van der Waals surface area contributed by atoms with Gasteiger partial charge in [-0.25, -0.2) is 13.4 Å². The summed E-state index contributed by atoms with van der Waals surface area (Å²) in [5, 5.41) is 23.5. The quantitative estimate of drug-likeness (QED) is 0.477. The Bertz CT molecular complexity index is 1080. The number of aliphatic hydroxyl groups excluding tert-OH is 2. The average molecular weight is 477 g/mol. The lowest BCUT2D eigenvalue weighted by atomic mass is 9.98. The zero-order valence-electron chi connectivity index (χ0n) is 17.7. The maximum absolute atomic E-state index is 13.1. The molecule has 4 rings (SSSR count). The molecule has 1 heterocycles. The molecular formula is C23H28N2O5S2. The van der Waals surface area contributed by atoms with E-state index in [1.807, 2.05) is 6.08 Å². The molecule has 0 radical (unpaired) electrons. The minimum atomic E-state index is -3.31. The van der Waals surface area contributed by atoms with Crippen LogP contribution in [0.2, 0.25) is 0 Å². The van der Waals surface area contributed by atoms with Crippen LogP contribution in [0.15, 0.2) is 40.6 Å². The molecule has 32 heavy (non-hydrogen) atoms. The number of carbonyl (C=O) groups is 1. The fourth-order valence-electron chi connectivity index (χ4n) is 3.95. The van der Waals surface area contributed by atoms with Crippen molar-refractivity contribution < 1.29 is 23.4 Å². The van der Waals surface area contributed by atoms with E-state index in [0.717, 1.165) is 38.5 Å². The van der Waals surface area contributed by atoms with E-state index >= 15 is 0 Å². The fraction of sp³-hybridized carbons (Fsp3) is 0.478. The van der Waals surface area contributed by atoms with Gasteiger partial charge in [-0.05, 0) is 55.2 Å². The van der Waals surface area contributed by atoms with E-state index in [-0.39, 0.29) is 22.5 Å². The summed E-state index contributed by atoms with van der Waals surface area (Å²) in [6.07, 6.45) is 7.14. The largest absolute Gasteiger partial charge is 0.393 e. The monoisotopic (exact) mass is 476 g/mol. The highest BCUT2D eigenvalue weighted by atomic mass is 32.2. The van der Waals surface area contributed by atoms with E-state index in [1.54, 1.807) is 29.6 Å². The number of aliphatic hydroxyl groups is 2. The molecular weight excluding hydrogens is 448 g/mol. The molecule has 1 amide bonds. The van der Waals surface area contributed by atoms with Crippen LogP contribution in [0.3, 0.4) is 0 Å². The Balaban J connectivity index is 1.56. The lowest BCUT2D eigenvalue weighted by Crippen LogP contribution is -2.15. The van der Waals surface area contributed by atoms with Crippen LogP contribution in [-0.4, -0.2) is 41.9 Å². The molecule has 2 saturated carbocycles. The second kappa shape index (κ2) is 9.82. The van der Waals surface area contributed by atoms with Crippen LogP contribution >= 0.6 is 11.3 Å². The fourth-order valence-corrected chi connectivity index (χ4v) is 6.40. The smallest absolute Gasteiger partial charge is 0.257 e. The van der Waals surface area contributed by atoms with Crippen molar-refractivity contribution in [2.45, 2.75) is 49.5 Å². The maximum atomic E-state index is 13.1. The third kappa shape index (κ3) is 5.64. The standard InChI is InChI=1S/C23H28N2O5S2/c26-12-21(27)20-13-31-23(24-20)25-22(28)19(11-15-3-1-2-4-15)17-7-9-18(10-8-17)32(29,30)14-16-5-6-16/h7-11,13,15-16,21,26-27H,1-6,12,14H2,(H,24,25,28). The number of carbonyl (C=O) groups excluding carboxylic acids is 1. The van der Waals surface area contributed by atoms with Gasteiger partial charge in [0.1, 0.15) is 6.10 Å². The molecule has 7 nitrogen and oxygen atoms in total. The number of benzene rings is 1. The molecule has 0 aliphatic heterocycles. The molecule has 1 aromatic carbocycles. The molecule has 3 N–H and O–H groups in total. The van der Waals surface area contributed by atoms with Crippen molar-refractivity contribution in [1.29, 1.82) is 0 Å². The topological polar surface area (TPSA) is 117 Å². The number of anilines is 1. The molecule has 0 saturated heterocycles. The van der Waals surface area contributed by atoms with Crippen LogP contribution in [0.4, 0.5) is 5.13 Å². The Hall–Kier alpha value is -2.07. The Morgan fingerprint density at radius 2 is 1.88 bits per heavy atom. The molecule has 0 bridgehead atoms. The van der Waals surface area contributed by atoms with Gasteiger partial charge in [-0.1, -0.05) is 31.1 Å². The first-order valence-corrected chi connectivity index (χ1v) is 13.5. The van der Waals surface area contributed by atoms with Gasteiger partial charge in [0.25, 0.3) is 5.91 Å². The van der Waals surface area contributed by atoms with Gasteiger partial charge in [0, 0.05) is 11.0 Å². The zero-order chi connectivity index (χ0) is 22.7. The second-order valence-corrected chi connectivity index (χ2v) is 11.5. The molecule has 2 fully saturated rings. The third-order valence-electron chi connectivity index (χ3n) is 5.98. The predicted octanol–water partition coefficient (Wildman–Crippen LogP) is 3.56. The van der Waals surface area contributed by atoms with Crippen molar-refractivity contribution in [3.05, 3.63) is 47.0 Å². The Kier molecular flexibility index (Phi) is 7.09. The highest BCUT2D eigenvalue weighted by Crippen LogP contribution is 2.33. The number of sulfone groups is 1. The van der Waals surface area contributed by atoms with Crippen molar-refractivity contribution >= 4 is 37.8 Å². The Labute approximate surface area is 192 Å². The number of aromatic nitrogens is 1. The molecule has 2 aromatic rings. The average Bonchev–Trinajstić information content (AvgIpc) is 3.24. The van der Waals surface area contributed by atoms with Crippen LogP contribution in [0.25, 0.3) is 5.57 Å². The summed E-state index contributed by atoms with van der Waals surface area (Å²) in [6, 6.07) is 6.57. The number of amides is 1. The number of allylic oxidation sites excluding steroid dienone is 1. The number of nitrogens with zero attached hydrogens (tertiary/aromatic N) is 1. The molecule has 1 aromatic heterocycles. The van der Waals surface area contributed by atoms with Crippen molar-refractivity contribution in [3.8, 4) is 0 Å². The molecule has 0 spiro atoms. The molecule has 2 aliphatic rings. The van der Waals surface area contributed by atoms with Crippen molar-refractivity contribution in [2.75, 3.05) is 17.7 Å². The van der Waals surface area contributed by atoms with E-state index < -0.39 is 22.5 Å². The highest BCUT2D eigenvalue weighted by Gasteiger charge is 2.29. The lowest BCUT2D eigenvalue weighted by molar-refractivity contribution is -0.111. The number of nitrogens with one attached hydrogen (secondary N) is 1. The first-order chi connectivity index (χ1) is 15.4. The van der Waals surface area contributed by atoms with Gasteiger partial charge in [0.15, 0.2) is 15.0 Å². The maximum Gasteiger partial charge on any atom is 0.257 e. The van der Waals surface area contributed by atoms with E-state index in [1.165, 1.54) is 11.3 Å². The van der Waals surface area contributed by atoms with Gasteiger partial charge in [0.2, 0.25) is 0 Å². The number of hydrogen-bond acceptors (Lipinski definition) is 7. The van der Waals surface area contributed by atoms with E-state index in [0.29, 0.717) is 27.9 Å². The number of hydrogen-bond donors (Lipinski definition) is 3. The summed E-state index contributed by atoms with van der Waals surface area (Å²) in [7, 11) is -3.31. The van der Waals surface area contributed by atoms with E-state index in [9.17, 15) is 18.3 Å². The third-order valence-corrected chi connectivity index (χ3v) is 8.66. The SMILES string of the molecule is O=C(Nc1nc(C(O)CO)cs1)C(=CC1CCCC1)c1ccc(S(=O)(=O)CC2CC2)cc1. The van der Waals surface area contributed by atoms with Crippen molar-refractivity contribution in [2.24, 2.45) is 11.8 Å². The predicted molar refractivity (Wildman–Crippen MR) is 124 cm³/mol. The highest BCUT2D eigenvalue weighted by molar-refractivity contribution is 7.91. The number of thiazole rings is 1. The van der Waals surface area contributed by atoms with E-state index in [4.69, 9.17) is 5.11 Å².